The van der Waals surface area contributed by atoms with Gasteiger partial charge in [-0.05, 0) is 25.7 Å². The third-order valence-corrected chi connectivity index (χ3v) is 3.48. The number of hydrogen-bond donors (Lipinski definition) is 3. The van der Waals surface area contributed by atoms with Crippen LogP contribution in [-0.4, -0.2) is 51.7 Å². The van der Waals surface area contributed by atoms with E-state index in [-0.39, 0.29) is 6.04 Å². The van der Waals surface area contributed by atoms with E-state index in [1.165, 1.54) is 0 Å². The summed E-state index contributed by atoms with van der Waals surface area (Å²) in [4.78, 5) is 35.4. The van der Waals surface area contributed by atoms with Crippen molar-refractivity contribution in [1.82, 2.24) is 10.2 Å². The maximum Gasteiger partial charge on any atom is 0.326 e. The highest BCUT2D eigenvalue weighted by atomic mass is 16.4. The van der Waals surface area contributed by atoms with Gasteiger partial charge in [0.2, 0.25) is 0 Å². The summed E-state index contributed by atoms with van der Waals surface area (Å²) in [6.45, 7) is 2.63. The van der Waals surface area contributed by atoms with E-state index in [0.29, 0.717) is 6.54 Å². The second-order valence-electron chi connectivity index (χ2n) is 5.07. The molecule has 1 aliphatic rings. The summed E-state index contributed by atoms with van der Waals surface area (Å²) in [5.74, 6) is -2.58. The molecule has 3 N–H and O–H groups in total. The number of carboxylic acids is 2. The van der Waals surface area contributed by atoms with Crippen LogP contribution in [0.25, 0.3) is 0 Å². The summed E-state index contributed by atoms with van der Waals surface area (Å²) in [6, 6.07) is -1.74. The fourth-order valence-corrected chi connectivity index (χ4v) is 2.51. The molecule has 0 aromatic rings. The van der Waals surface area contributed by atoms with Gasteiger partial charge in [-0.3, -0.25) is 4.79 Å². The van der Waals surface area contributed by atoms with E-state index in [2.05, 4.69) is 5.32 Å². The molecular weight excluding hydrogens is 264 g/mol. The van der Waals surface area contributed by atoms with E-state index in [0.717, 1.165) is 32.1 Å². The Hall–Kier alpha value is -1.79. The summed E-state index contributed by atoms with van der Waals surface area (Å²) in [5.41, 5.74) is 0. The summed E-state index contributed by atoms with van der Waals surface area (Å²) in [7, 11) is 0. The number of likely N-dealkylation sites (tertiary alicyclic amines) is 1. The highest BCUT2D eigenvalue weighted by molar-refractivity contribution is 5.86. The highest BCUT2D eigenvalue weighted by Gasteiger charge is 2.30. The first-order valence-corrected chi connectivity index (χ1v) is 6.97. The molecule has 1 fully saturated rings. The molecule has 114 valence electrons. The van der Waals surface area contributed by atoms with Crippen LogP contribution in [0.15, 0.2) is 0 Å². The van der Waals surface area contributed by atoms with Gasteiger partial charge in [-0.1, -0.05) is 13.3 Å². The Labute approximate surface area is 117 Å². The maximum atomic E-state index is 12.1. The third kappa shape index (κ3) is 4.71. The number of carbonyl (C=O) groups excluding carboxylic acids is 1. The van der Waals surface area contributed by atoms with Gasteiger partial charge in [0, 0.05) is 12.6 Å². The van der Waals surface area contributed by atoms with Crippen LogP contribution in [0.4, 0.5) is 4.79 Å². The standard InChI is InChI=1S/C13H22N2O5/c1-2-5-9-6-3-4-7-15(9)13(20)14-10(12(18)19)8-11(16)17/h9-10H,2-8H2,1H3,(H,14,20)(H,16,17)(H,18,19)/t9?,10-/m0/s1. The largest absolute Gasteiger partial charge is 0.481 e. The van der Waals surface area contributed by atoms with Gasteiger partial charge in [0.15, 0.2) is 0 Å². The lowest BCUT2D eigenvalue weighted by Crippen LogP contribution is -2.53. The SMILES string of the molecule is CCCC1CCCCN1C(=O)N[C@@H](CC(=O)O)C(=O)O. The van der Waals surface area contributed by atoms with Crippen molar-refractivity contribution in [2.75, 3.05) is 6.54 Å². The number of rotatable bonds is 6. The van der Waals surface area contributed by atoms with E-state index in [1.807, 2.05) is 6.92 Å². The first-order chi connectivity index (χ1) is 9.45. The number of aliphatic carboxylic acids is 2. The molecule has 1 rings (SSSR count). The molecule has 0 aromatic heterocycles. The van der Waals surface area contributed by atoms with Crippen LogP contribution in [0, 0.1) is 0 Å². The van der Waals surface area contributed by atoms with E-state index in [9.17, 15) is 14.4 Å². The van der Waals surface area contributed by atoms with Gasteiger partial charge in [0.1, 0.15) is 6.04 Å². The molecule has 7 heteroatoms. The molecule has 0 aliphatic carbocycles. The van der Waals surface area contributed by atoms with Crippen LogP contribution in [0.3, 0.4) is 0 Å². The van der Waals surface area contributed by atoms with Gasteiger partial charge >= 0.3 is 18.0 Å². The second kappa shape index (κ2) is 7.72. The summed E-state index contributed by atoms with van der Waals surface area (Å²) in [5, 5.41) is 19.9. The van der Waals surface area contributed by atoms with Crippen LogP contribution in [-0.2, 0) is 9.59 Å². The average Bonchev–Trinajstić information content (AvgIpc) is 2.38. The minimum Gasteiger partial charge on any atom is -0.481 e. The van der Waals surface area contributed by atoms with Crippen LogP contribution in [0.5, 0.6) is 0 Å². The molecule has 1 saturated heterocycles. The molecule has 0 saturated carbocycles. The van der Waals surface area contributed by atoms with Gasteiger partial charge in [-0.15, -0.1) is 0 Å². The Balaban J connectivity index is 2.65. The zero-order valence-corrected chi connectivity index (χ0v) is 11.7. The normalized spacial score (nSPS) is 20.2. The van der Waals surface area contributed by atoms with Crippen molar-refractivity contribution in [3.63, 3.8) is 0 Å². The third-order valence-electron chi connectivity index (χ3n) is 3.48. The smallest absolute Gasteiger partial charge is 0.326 e. The predicted molar refractivity (Wildman–Crippen MR) is 71.5 cm³/mol. The number of hydrogen-bond acceptors (Lipinski definition) is 3. The lowest BCUT2D eigenvalue weighted by atomic mass is 9.98. The summed E-state index contributed by atoms with van der Waals surface area (Å²) < 4.78 is 0. The number of amides is 2. The Morgan fingerprint density at radius 2 is 2.00 bits per heavy atom. The number of urea groups is 1. The van der Waals surface area contributed by atoms with E-state index in [1.54, 1.807) is 4.90 Å². The average molecular weight is 286 g/mol. The number of carbonyl (C=O) groups is 3. The van der Waals surface area contributed by atoms with Crippen LogP contribution >= 0.6 is 0 Å². The lowest BCUT2D eigenvalue weighted by Gasteiger charge is -2.36. The number of piperidine rings is 1. The van der Waals surface area contributed by atoms with Crippen molar-refractivity contribution in [2.24, 2.45) is 0 Å². The topological polar surface area (TPSA) is 107 Å². The molecule has 2 atom stereocenters. The van der Waals surface area contributed by atoms with Crippen molar-refractivity contribution in [3.8, 4) is 0 Å². The molecule has 0 spiro atoms. The van der Waals surface area contributed by atoms with Crippen LogP contribution in [0.1, 0.15) is 45.4 Å². The van der Waals surface area contributed by atoms with Gasteiger partial charge in [0.25, 0.3) is 0 Å². The Kier molecular flexibility index (Phi) is 6.27. The minimum atomic E-state index is -1.38. The van der Waals surface area contributed by atoms with Crippen molar-refractivity contribution in [1.29, 1.82) is 0 Å². The quantitative estimate of drug-likeness (QED) is 0.681. The first kappa shape index (κ1) is 16.3. The molecule has 1 aliphatic heterocycles. The Morgan fingerprint density at radius 1 is 1.30 bits per heavy atom. The van der Waals surface area contributed by atoms with E-state index in [4.69, 9.17) is 10.2 Å². The van der Waals surface area contributed by atoms with Crippen molar-refractivity contribution in [3.05, 3.63) is 0 Å². The van der Waals surface area contributed by atoms with E-state index >= 15 is 0 Å². The van der Waals surface area contributed by atoms with E-state index < -0.39 is 30.4 Å². The monoisotopic (exact) mass is 286 g/mol. The van der Waals surface area contributed by atoms with Crippen molar-refractivity contribution >= 4 is 18.0 Å². The van der Waals surface area contributed by atoms with Gasteiger partial charge in [-0.25, -0.2) is 9.59 Å². The zero-order valence-electron chi connectivity index (χ0n) is 11.7. The highest BCUT2D eigenvalue weighted by Crippen LogP contribution is 2.20. The number of carboxylic acid groups (broad SMARTS) is 2. The minimum absolute atomic E-state index is 0.119. The van der Waals surface area contributed by atoms with Crippen LogP contribution in [0.2, 0.25) is 0 Å². The fraction of sp³-hybridized carbons (Fsp3) is 0.769. The van der Waals surface area contributed by atoms with Crippen molar-refractivity contribution in [2.45, 2.75) is 57.5 Å². The molecule has 0 radical (unpaired) electrons. The second-order valence-corrected chi connectivity index (χ2v) is 5.07. The Bertz CT molecular complexity index is 370. The summed E-state index contributed by atoms with van der Waals surface area (Å²) in [6.07, 6.45) is 4.08. The van der Waals surface area contributed by atoms with Crippen LogP contribution < -0.4 is 5.32 Å². The molecule has 1 unspecified atom stereocenters. The maximum absolute atomic E-state index is 12.1. The summed E-state index contributed by atoms with van der Waals surface area (Å²) >= 11 is 0. The zero-order chi connectivity index (χ0) is 15.1. The number of nitrogens with zero attached hydrogens (tertiary/aromatic N) is 1. The first-order valence-electron chi connectivity index (χ1n) is 6.97. The molecule has 2 amide bonds. The molecule has 20 heavy (non-hydrogen) atoms. The number of nitrogens with one attached hydrogen (secondary N) is 1. The lowest BCUT2D eigenvalue weighted by molar-refractivity contribution is -0.145. The predicted octanol–water partition coefficient (Wildman–Crippen LogP) is 1.28. The van der Waals surface area contributed by atoms with Gasteiger partial charge in [-0.2, -0.15) is 0 Å². The fourth-order valence-electron chi connectivity index (χ4n) is 2.51. The molecule has 0 bridgehead atoms. The Morgan fingerprint density at radius 3 is 2.55 bits per heavy atom. The van der Waals surface area contributed by atoms with Crippen molar-refractivity contribution < 1.29 is 24.6 Å². The van der Waals surface area contributed by atoms with Gasteiger partial charge in [0.05, 0.1) is 6.42 Å². The van der Waals surface area contributed by atoms with Gasteiger partial charge < -0.3 is 20.4 Å². The molecular formula is C13H22N2O5. The molecule has 1 heterocycles. The molecule has 0 aromatic carbocycles. The molecule has 7 nitrogen and oxygen atoms in total.